The van der Waals surface area contributed by atoms with Crippen molar-refractivity contribution in [3.05, 3.63) is 24.0 Å². The Morgan fingerprint density at radius 1 is 1.46 bits per heavy atom. The van der Waals surface area contributed by atoms with Gasteiger partial charge in [-0.25, -0.2) is 10.4 Å². The number of rotatable bonds is 9. The smallest absolute Gasteiger partial charge is 0.303 e. The van der Waals surface area contributed by atoms with Gasteiger partial charge < -0.3 is 15.2 Å². The van der Waals surface area contributed by atoms with E-state index in [2.05, 4.69) is 25.8 Å². The van der Waals surface area contributed by atoms with E-state index in [9.17, 15) is 4.79 Å². The third-order valence-electron chi connectivity index (χ3n) is 3.12. The lowest BCUT2D eigenvalue weighted by molar-refractivity contribution is -0.137. The number of nitrogens with one attached hydrogen (secondary N) is 2. The van der Waals surface area contributed by atoms with Crippen LogP contribution in [0.2, 0.25) is 0 Å². The van der Waals surface area contributed by atoms with Crippen molar-refractivity contribution in [3.8, 4) is 5.75 Å². The number of unbranched alkanes of at least 4 members (excludes halogenated alkanes) is 2. The first-order valence-corrected chi connectivity index (χ1v) is 7.63. The predicted octanol–water partition coefficient (Wildman–Crippen LogP) is 1.57. The van der Waals surface area contributed by atoms with Crippen LogP contribution in [0.4, 0.5) is 0 Å². The quantitative estimate of drug-likeness (QED) is 0.330. The first-order valence-electron chi connectivity index (χ1n) is 7.63. The van der Waals surface area contributed by atoms with Gasteiger partial charge in [-0.05, 0) is 31.4 Å². The predicted molar refractivity (Wildman–Crippen MR) is 97.2 cm³/mol. The first-order chi connectivity index (χ1) is 11.3. The van der Waals surface area contributed by atoms with Crippen LogP contribution in [0.3, 0.4) is 0 Å². The highest BCUT2D eigenvalue weighted by Gasteiger charge is 2.04. The number of halogens is 1. The Labute approximate surface area is 151 Å². The molecule has 9 heteroatoms. The molecule has 1 aliphatic heterocycles. The number of carbonyl (C=O) groups is 1. The molecule has 1 aromatic rings. The number of pyridine rings is 1. The van der Waals surface area contributed by atoms with E-state index in [1.165, 1.54) is 0 Å². The van der Waals surface area contributed by atoms with Crippen molar-refractivity contribution in [2.24, 2.45) is 10.1 Å². The number of ether oxygens (including phenoxy) is 1. The number of hydrogen-bond acceptors (Lipinski definition) is 7. The maximum Gasteiger partial charge on any atom is 0.303 e. The summed E-state index contributed by atoms with van der Waals surface area (Å²) in [6, 6.07) is 3.63. The molecule has 0 atom stereocenters. The molecule has 0 bridgehead atoms. The van der Waals surface area contributed by atoms with Crippen molar-refractivity contribution in [1.29, 1.82) is 0 Å². The number of carboxylic acids is 1. The van der Waals surface area contributed by atoms with Gasteiger partial charge in [0.1, 0.15) is 11.4 Å². The lowest BCUT2D eigenvalue weighted by atomic mass is 10.2. The van der Waals surface area contributed by atoms with Gasteiger partial charge in [0.05, 0.1) is 19.4 Å². The van der Waals surface area contributed by atoms with Crippen LogP contribution in [0.5, 0.6) is 5.75 Å². The average molecular weight is 400 g/mol. The number of aliphatic imine (C=N–C) groups is 1. The molecule has 0 aromatic carbocycles. The number of hydrogen-bond donors (Lipinski definition) is 3. The molecule has 1 aromatic heterocycles. The van der Waals surface area contributed by atoms with Gasteiger partial charge in [0.15, 0.2) is 0 Å². The molecule has 0 saturated heterocycles. The molecule has 132 valence electrons. The van der Waals surface area contributed by atoms with Gasteiger partial charge in [0.25, 0.3) is 0 Å². The second kappa shape index (κ2) is 11.4. The molecule has 0 unspecified atom stereocenters. The summed E-state index contributed by atoms with van der Waals surface area (Å²) in [4.78, 5) is 18.8. The van der Waals surface area contributed by atoms with Crippen molar-refractivity contribution < 1.29 is 14.6 Å². The monoisotopic (exact) mass is 399 g/mol. The van der Waals surface area contributed by atoms with E-state index in [1.54, 1.807) is 18.5 Å². The largest absolute Gasteiger partial charge is 0.491 e. The zero-order valence-corrected chi connectivity index (χ0v) is 15.0. The van der Waals surface area contributed by atoms with Crippen molar-refractivity contribution in [1.82, 2.24) is 15.7 Å². The summed E-state index contributed by atoms with van der Waals surface area (Å²) in [7, 11) is 0. The van der Waals surface area contributed by atoms with Crippen molar-refractivity contribution in [2.45, 2.75) is 25.7 Å². The standard InChI is InChI=1S/C15H21N5O3.BrH/c21-14(22)6-2-1-3-10-23-13-5-4-7-16-12(13)11-19-20-15-17-8-9-18-15;/h4-5,7,11H,1-3,6,8-10H2,(H,21,22)(H2,17,18,20);1H. The van der Waals surface area contributed by atoms with E-state index in [-0.39, 0.29) is 23.4 Å². The highest BCUT2D eigenvalue weighted by molar-refractivity contribution is 8.93. The summed E-state index contributed by atoms with van der Waals surface area (Å²) in [5.74, 6) is 0.543. The van der Waals surface area contributed by atoms with Crippen molar-refractivity contribution in [2.75, 3.05) is 19.7 Å². The number of aromatic nitrogens is 1. The molecule has 2 rings (SSSR count). The van der Waals surface area contributed by atoms with Crippen molar-refractivity contribution >= 4 is 35.1 Å². The molecule has 8 nitrogen and oxygen atoms in total. The topological polar surface area (TPSA) is 108 Å². The Kier molecular flexibility index (Phi) is 9.44. The van der Waals surface area contributed by atoms with E-state index >= 15 is 0 Å². The molecule has 0 fully saturated rings. The van der Waals surface area contributed by atoms with Crippen LogP contribution in [-0.2, 0) is 4.79 Å². The minimum Gasteiger partial charge on any atom is -0.491 e. The SMILES string of the molecule is Br.O=C(O)CCCCCOc1cccnc1C=NNC1=NCCN1. The summed E-state index contributed by atoms with van der Waals surface area (Å²) < 4.78 is 5.69. The van der Waals surface area contributed by atoms with Crippen LogP contribution in [0, 0.1) is 0 Å². The molecule has 0 amide bonds. The lowest BCUT2D eigenvalue weighted by Gasteiger charge is -2.08. The molecule has 0 saturated carbocycles. The number of hydrazone groups is 1. The fourth-order valence-corrected chi connectivity index (χ4v) is 1.99. The van der Waals surface area contributed by atoms with Gasteiger partial charge in [-0.15, -0.1) is 17.0 Å². The van der Waals surface area contributed by atoms with Gasteiger partial charge in [0.2, 0.25) is 5.96 Å². The fraction of sp³-hybridized carbons (Fsp3) is 0.467. The highest BCUT2D eigenvalue weighted by Crippen LogP contribution is 2.14. The third-order valence-corrected chi connectivity index (χ3v) is 3.12. The summed E-state index contributed by atoms with van der Waals surface area (Å²) in [6.07, 6.45) is 5.75. The zero-order chi connectivity index (χ0) is 16.3. The van der Waals surface area contributed by atoms with Crippen LogP contribution in [0.25, 0.3) is 0 Å². The van der Waals surface area contributed by atoms with Crippen molar-refractivity contribution in [3.63, 3.8) is 0 Å². The molecular formula is C15H22BrN5O3. The summed E-state index contributed by atoms with van der Waals surface area (Å²) in [6.45, 7) is 2.09. The molecule has 0 radical (unpaired) electrons. The van der Waals surface area contributed by atoms with Crippen LogP contribution in [0.1, 0.15) is 31.4 Å². The minimum absolute atomic E-state index is 0. The Morgan fingerprint density at radius 3 is 3.08 bits per heavy atom. The maximum absolute atomic E-state index is 10.4. The number of carboxylic acid groups (broad SMARTS) is 1. The van der Waals surface area contributed by atoms with E-state index in [0.29, 0.717) is 30.4 Å². The lowest BCUT2D eigenvalue weighted by Crippen LogP contribution is -2.30. The van der Waals surface area contributed by atoms with E-state index in [4.69, 9.17) is 9.84 Å². The molecule has 2 heterocycles. The second-order valence-electron chi connectivity index (χ2n) is 4.97. The maximum atomic E-state index is 10.4. The van der Waals surface area contributed by atoms with Crippen LogP contribution in [0.15, 0.2) is 28.4 Å². The van der Waals surface area contributed by atoms with Gasteiger partial charge >= 0.3 is 5.97 Å². The van der Waals surface area contributed by atoms with E-state index in [0.717, 1.165) is 25.9 Å². The van der Waals surface area contributed by atoms with E-state index < -0.39 is 5.97 Å². The second-order valence-corrected chi connectivity index (χ2v) is 4.97. The molecule has 1 aliphatic rings. The minimum atomic E-state index is -0.759. The van der Waals surface area contributed by atoms with E-state index in [1.807, 2.05) is 6.07 Å². The van der Waals surface area contributed by atoms with Gasteiger partial charge in [-0.2, -0.15) is 5.10 Å². The van der Waals surface area contributed by atoms with Gasteiger partial charge in [-0.3, -0.25) is 9.78 Å². The zero-order valence-electron chi connectivity index (χ0n) is 13.3. The van der Waals surface area contributed by atoms with Crippen LogP contribution < -0.4 is 15.5 Å². The fourth-order valence-electron chi connectivity index (χ4n) is 1.99. The summed E-state index contributed by atoms with van der Waals surface area (Å²) in [5.41, 5.74) is 3.44. The molecule has 24 heavy (non-hydrogen) atoms. The summed E-state index contributed by atoms with van der Waals surface area (Å²) in [5, 5.41) is 15.7. The summed E-state index contributed by atoms with van der Waals surface area (Å²) >= 11 is 0. The first kappa shape index (κ1) is 19.9. The number of nitrogens with zero attached hydrogens (tertiary/aromatic N) is 3. The Bertz CT molecular complexity index is 580. The Hall–Kier alpha value is -2.16. The molecule has 3 N–H and O–H groups in total. The molecule has 0 spiro atoms. The molecular weight excluding hydrogens is 378 g/mol. The Balaban J connectivity index is 0.00000288. The van der Waals surface area contributed by atoms with Crippen LogP contribution in [-0.4, -0.2) is 47.9 Å². The average Bonchev–Trinajstić information content (AvgIpc) is 3.05. The normalized spacial score (nSPS) is 13.1. The van der Waals surface area contributed by atoms with Gasteiger partial charge in [-0.1, -0.05) is 0 Å². The van der Waals surface area contributed by atoms with Gasteiger partial charge in [0, 0.05) is 19.2 Å². The molecule has 0 aliphatic carbocycles. The van der Waals surface area contributed by atoms with Crippen LogP contribution >= 0.6 is 17.0 Å². The highest BCUT2D eigenvalue weighted by atomic mass is 79.9. The number of guanidine groups is 1. The number of aliphatic carboxylic acids is 1. The third kappa shape index (κ3) is 7.40. The Morgan fingerprint density at radius 2 is 2.33 bits per heavy atom.